The Hall–Kier alpha value is -2.04. The van der Waals surface area contributed by atoms with E-state index in [4.69, 9.17) is 23.2 Å². The summed E-state index contributed by atoms with van der Waals surface area (Å²) < 4.78 is 0. The smallest absolute Gasteiger partial charge is 0.229 e. The van der Waals surface area contributed by atoms with E-state index < -0.39 is 5.92 Å². The fourth-order valence-electron chi connectivity index (χ4n) is 3.17. The Bertz CT molecular complexity index is 837. The summed E-state index contributed by atoms with van der Waals surface area (Å²) in [6, 6.07) is 13.0. The third-order valence-corrected chi connectivity index (χ3v) is 5.49. The van der Waals surface area contributed by atoms with Crippen LogP contribution in [0.3, 0.4) is 0 Å². The number of aryl methyl sites for hydroxylation is 1. The van der Waals surface area contributed by atoms with E-state index in [0.29, 0.717) is 22.3 Å². The number of anilines is 2. The molecule has 0 bridgehead atoms. The summed E-state index contributed by atoms with van der Waals surface area (Å²) in [6.45, 7) is 2.54. The average Bonchev–Trinajstić information content (AvgIpc) is 3.05. The number of amides is 2. The summed E-state index contributed by atoms with van der Waals surface area (Å²) in [7, 11) is 0. The van der Waals surface area contributed by atoms with Crippen LogP contribution in [0.25, 0.3) is 0 Å². The van der Waals surface area contributed by atoms with E-state index in [1.807, 2.05) is 12.1 Å². The molecule has 2 aromatic rings. The molecule has 1 atom stereocenters. The number of halogens is 2. The molecule has 1 saturated heterocycles. The van der Waals surface area contributed by atoms with E-state index in [2.05, 4.69) is 24.4 Å². The number of nitrogens with one attached hydrogen (secondary N) is 1. The first-order valence-corrected chi connectivity index (χ1v) is 9.88. The normalized spacial score (nSPS) is 16.6. The van der Waals surface area contributed by atoms with Gasteiger partial charge < -0.3 is 10.2 Å². The molecule has 0 aliphatic carbocycles. The topological polar surface area (TPSA) is 49.4 Å². The lowest BCUT2D eigenvalue weighted by Gasteiger charge is -2.17. The van der Waals surface area contributed by atoms with Gasteiger partial charge >= 0.3 is 0 Å². The van der Waals surface area contributed by atoms with Crippen molar-refractivity contribution in [2.24, 2.45) is 5.92 Å². The number of hydrogen-bond donors (Lipinski definition) is 1. The maximum absolute atomic E-state index is 12.5. The number of nitrogens with zero attached hydrogens (tertiary/aromatic N) is 1. The second-order valence-corrected chi connectivity index (χ2v) is 7.61. The molecule has 3 rings (SSSR count). The molecule has 0 radical (unpaired) electrons. The van der Waals surface area contributed by atoms with Gasteiger partial charge in [-0.3, -0.25) is 9.59 Å². The van der Waals surface area contributed by atoms with Crippen LogP contribution < -0.4 is 10.2 Å². The summed E-state index contributed by atoms with van der Waals surface area (Å²) in [5.74, 6) is -0.624. The van der Waals surface area contributed by atoms with Crippen LogP contribution in [0, 0.1) is 5.92 Å². The molecule has 1 heterocycles. The van der Waals surface area contributed by atoms with Gasteiger partial charge in [0.15, 0.2) is 0 Å². The van der Waals surface area contributed by atoms with Crippen molar-refractivity contribution in [3.63, 3.8) is 0 Å². The standard InChI is InChI=1S/C21H22Cl2N2O2/c1-2-3-4-14-5-8-17(9-6-14)25-13-15(11-20(25)26)21(27)24-16-7-10-18(22)19(23)12-16/h5-10,12,15H,2-4,11,13H2,1H3,(H,24,27)/t15-/m0/s1. The van der Waals surface area contributed by atoms with Crippen molar-refractivity contribution >= 4 is 46.4 Å². The lowest BCUT2D eigenvalue weighted by molar-refractivity contribution is -0.122. The molecule has 1 N–H and O–H groups in total. The minimum absolute atomic E-state index is 0.0365. The van der Waals surface area contributed by atoms with Crippen molar-refractivity contribution in [3.05, 3.63) is 58.1 Å². The van der Waals surface area contributed by atoms with Crippen molar-refractivity contribution in [1.29, 1.82) is 0 Å². The number of unbranched alkanes of at least 4 members (excludes halogenated alkanes) is 1. The highest BCUT2D eigenvalue weighted by molar-refractivity contribution is 6.42. The second kappa shape index (κ2) is 8.77. The first-order chi connectivity index (χ1) is 13.0. The molecule has 142 valence electrons. The zero-order valence-corrected chi connectivity index (χ0v) is 16.7. The Morgan fingerprint density at radius 3 is 2.56 bits per heavy atom. The van der Waals surface area contributed by atoms with Gasteiger partial charge in [0.1, 0.15) is 0 Å². The van der Waals surface area contributed by atoms with Crippen LogP contribution in [0.1, 0.15) is 31.7 Å². The number of rotatable bonds is 6. The number of carbonyl (C=O) groups excluding carboxylic acids is 2. The molecular weight excluding hydrogens is 383 g/mol. The molecule has 4 nitrogen and oxygen atoms in total. The van der Waals surface area contributed by atoms with Gasteiger partial charge in [0.2, 0.25) is 11.8 Å². The minimum atomic E-state index is -0.397. The maximum atomic E-state index is 12.5. The van der Waals surface area contributed by atoms with Crippen LogP contribution in [0.5, 0.6) is 0 Å². The summed E-state index contributed by atoms with van der Waals surface area (Å²) >= 11 is 11.9. The summed E-state index contributed by atoms with van der Waals surface area (Å²) in [5.41, 5.74) is 2.67. The Balaban J connectivity index is 1.64. The predicted molar refractivity (Wildman–Crippen MR) is 111 cm³/mol. The summed E-state index contributed by atoms with van der Waals surface area (Å²) in [4.78, 5) is 26.6. The molecule has 27 heavy (non-hydrogen) atoms. The third-order valence-electron chi connectivity index (χ3n) is 4.75. The first-order valence-electron chi connectivity index (χ1n) is 9.13. The Labute approximate surface area is 169 Å². The third kappa shape index (κ3) is 4.82. The quantitative estimate of drug-likeness (QED) is 0.707. The van der Waals surface area contributed by atoms with Crippen molar-refractivity contribution in [3.8, 4) is 0 Å². The van der Waals surface area contributed by atoms with Crippen LogP contribution in [0.2, 0.25) is 10.0 Å². The van der Waals surface area contributed by atoms with E-state index in [1.165, 1.54) is 5.56 Å². The molecule has 2 aromatic carbocycles. The number of hydrogen-bond acceptors (Lipinski definition) is 2. The van der Waals surface area contributed by atoms with Crippen LogP contribution >= 0.6 is 23.2 Å². The van der Waals surface area contributed by atoms with Crippen LogP contribution in [0.4, 0.5) is 11.4 Å². The molecule has 0 unspecified atom stereocenters. The van der Waals surface area contributed by atoms with Gasteiger partial charge in [0, 0.05) is 24.3 Å². The Kier molecular flexibility index (Phi) is 6.40. The monoisotopic (exact) mass is 404 g/mol. The van der Waals surface area contributed by atoms with Gasteiger partial charge in [-0.15, -0.1) is 0 Å². The molecule has 0 spiro atoms. The largest absolute Gasteiger partial charge is 0.326 e. The molecule has 1 aliphatic rings. The first kappa shape index (κ1) is 19.7. The molecular formula is C21H22Cl2N2O2. The SMILES string of the molecule is CCCCc1ccc(N2C[C@@H](C(=O)Nc3ccc(Cl)c(Cl)c3)CC2=O)cc1. The highest BCUT2D eigenvalue weighted by Gasteiger charge is 2.35. The fraction of sp³-hybridized carbons (Fsp3) is 0.333. The van der Waals surface area contributed by atoms with Crippen molar-refractivity contribution in [2.75, 3.05) is 16.8 Å². The van der Waals surface area contributed by atoms with Crippen molar-refractivity contribution in [1.82, 2.24) is 0 Å². The Morgan fingerprint density at radius 1 is 1.15 bits per heavy atom. The lowest BCUT2D eigenvalue weighted by atomic mass is 10.1. The minimum Gasteiger partial charge on any atom is -0.326 e. The summed E-state index contributed by atoms with van der Waals surface area (Å²) in [6.07, 6.45) is 3.55. The molecule has 0 saturated carbocycles. The van der Waals surface area contributed by atoms with Gasteiger partial charge in [0.25, 0.3) is 0 Å². The van der Waals surface area contributed by atoms with Crippen LogP contribution in [0.15, 0.2) is 42.5 Å². The number of benzene rings is 2. The highest BCUT2D eigenvalue weighted by Crippen LogP contribution is 2.28. The van der Waals surface area contributed by atoms with E-state index in [-0.39, 0.29) is 18.2 Å². The van der Waals surface area contributed by atoms with Crippen molar-refractivity contribution in [2.45, 2.75) is 32.6 Å². The lowest BCUT2D eigenvalue weighted by Crippen LogP contribution is -2.28. The zero-order valence-electron chi connectivity index (χ0n) is 15.2. The van der Waals surface area contributed by atoms with Gasteiger partial charge in [-0.25, -0.2) is 0 Å². The van der Waals surface area contributed by atoms with Gasteiger partial charge in [0.05, 0.1) is 16.0 Å². The second-order valence-electron chi connectivity index (χ2n) is 6.79. The average molecular weight is 405 g/mol. The summed E-state index contributed by atoms with van der Waals surface area (Å²) in [5, 5.41) is 3.62. The molecule has 1 aliphatic heterocycles. The molecule has 0 aromatic heterocycles. The van der Waals surface area contributed by atoms with E-state index in [0.717, 1.165) is 24.9 Å². The van der Waals surface area contributed by atoms with E-state index in [1.54, 1.807) is 23.1 Å². The predicted octanol–water partition coefficient (Wildman–Crippen LogP) is 5.33. The highest BCUT2D eigenvalue weighted by atomic mass is 35.5. The van der Waals surface area contributed by atoms with Gasteiger partial charge in [-0.2, -0.15) is 0 Å². The van der Waals surface area contributed by atoms with E-state index in [9.17, 15) is 9.59 Å². The molecule has 6 heteroatoms. The van der Waals surface area contributed by atoms with Gasteiger partial charge in [-0.1, -0.05) is 48.7 Å². The molecule has 2 amide bonds. The van der Waals surface area contributed by atoms with Crippen LogP contribution in [-0.4, -0.2) is 18.4 Å². The maximum Gasteiger partial charge on any atom is 0.229 e. The number of carbonyl (C=O) groups is 2. The van der Waals surface area contributed by atoms with Crippen LogP contribution in [-0.2, 0) is 16.0 Å². The van der Waals surface area contributed by atoms with Gasteiger partial charge in [-0.05, 0) is 48.7 Å². The van der Waals surface area contributed by atoms with Crippen molar-refractivity contribution < 1.29 is 9.59 Å². The van der Waals surface area contributed by atoms with E-state index >= 15 is 0 Å². The molecule has 1 fully saturated rings. The zero-order chi connectivity index (χ0) is 19.4. The Morgan fingerprint density at radius 2 is 1.89 bits per heavy atom. The fourth-order valence-corrected chi connectivity index (χ4v) is 3.47.